The molecule has 2 nitrogen and oxygen atoms in total. The highest BCUT2D eigenvalue weighted by Gasteiger charge is 2.29. The maximum atomic E-state index is 6.21. The molecule has 0 saturated carbocycles. The largest absolute Gasteiger partial charge is 0.484 e. The number of halogens is 1. The van der Waals surface area contributed by atoms with Crippen LogP contribution < -0.4 is 10.1 Å². The standard InChI is InChI=1S/C16H18BrNOS/c1-3-18-13-8-15(16-7-11(17)9-20-16)19-14-5-4-10(2)6-12(13)14/h4-7,9,13,15,18H,3,8H2,1-2H3. The van der Waals surface area contributed by atoms with E-state index in [9.17, 15) is 0 Å². The van der Waals surface area contributed by atoms with Crippen molar-refractivity contribution in [3.8, 4) is 5.75 Å². The minimum atomic E-state index is 0.144. The Bertz CT molecular complexity index is 610. The molecule has 1 N–H and O–H groups in total. The molecular formula is C16H18BrNOS. The Morgan fingerprint density at radius 3 is 2.95 bits per heavy atom. The lowest BCUT2D eigenvalue weighted by Gasteiger charge is -2.32. The second-order valence-electron chi connectivity index (χ2n) is 5.16. The van der Waals surface area contributed by atoms with E-state index >= 15 is 0 Å². The minimum absolute atomic E-state index is 0.144. The molecule has 2 heterocycles. The first-order chi connectivity index (χ1) is 9.67. The lowest BCUT2D eigenvalue weighted by Crippen LogP contribution is -2.28. The molecule has 0 bridgehead atoms. The SMILES string of the molecule is CCNC1CC(c2cc(Br)cs2)Oc2ccc(C)cc21. The topological polar surface area (TPSA) is 21.3 Å². The second kappa shape index (κ2) is 5.88. The fourth-order valence-electron chi connectivity index (χ4n) is 2.70. The molecule has 2 atom stereocenters. The molecule has 3 rings (SSSR count). The average molecular weight is 352 g/mol. The van der Waals surface area contributed by atoms with Gasteiger partial charge >= 0.3 is 0 Å². The Kier molecular flexibility index (Phi) is 4.15. The molecule has 2 aromatic rings. The number of hydrogen-bond donors (Lipinski definition) is 1. The van der Waals surface area contributed by atoms with Gasteiger partial charge in [0.2, 0.25) is 0 Å². The monoisotopic (exact) mass is 351 g/mol. The van der Waals surface area contributed by atoms with Gasteiger partial charge in [0.15, 0.2) is 0 Å². The highest BCUT2D eigenvalue weighted by atomic mass is 79.9. The normalized spacial score (nSPS) is 21.4. The molecule has 0 saturated heterocycles. The van der Waals surface area contributed by atoms with Crippen LogP contribution in [0.4, 0.5) is 0 Å². The fourth-order valence-corrected chi connectivity index (χ4v) is 4.19. The van der Waals surface area contributed by atoms with Gasteiger partial charge in [-0.1, -0.05) is 24.6 Å². The van der Waals surface area contributed by atoms with E-state index < -0.39 is 0 Å². The summed E-state index contributed by atoms with van der Waals surface area (Å²) in [5, 5.41) is 5.70. The van der Waals surface area contributed by atoms with Gasteiger partial charge in [0.05, 0.1) is 0 Å². The lowest BCUT2D eigenvalue weighted by atomic mass is 9.94. The van der Waals surface area contributed by atoms with Crippen molar-refractivity contribution in [1.29, 1.82) is 0 Å². The maximum absolute atomic E-state index is 6.21. The lowest BCUT2D eigenvalue weighted by molar-refractivity contribution is 0.155. The van der Waals surface area contributed by atoms with E-state index in [-0.39, 0.29) is 6.10 Å². The molecule has 1 aromatic carbocycles. The smallest absolute Gasteiger partial charge is 0.135 e. The van der Waals surface area contributed by atoms with Gasteiger partial charge in [-0.05, 0) is 41.5 Å². The van der Waals surface area contributed by atoms with Crippen LogP contribution in [-0.4, -0.2) is 6.54 Å². The number of ether oxygens (including phenoxy) is 1. The van der Waals surface area contributed by atoms with Gasteiger partial charge in [0.25, 0.3) is 0 Å². The molecule has 0 fully saturated rings. The Morgan fingerprint density at radius 1 is 1.40 bits per heavy atom. The maximum Gasteiger partial charge on any atom is 0.135 e. The van der Waals surface area contributed by atoms with Crippen LogP contribution in [-0.2, 0) is 0 Å². The van der Waals surface area contributed by atoms with E-state index in [1.165, 1.54) is 16.0 Å². The summed E-state index contributed by atoms with van der Waals surface area (Å²) in [5.41, 5.74) is 2.58. The van der Waals surface area contributed by atoms with Gasteiger partial charge in [-0.3, -0.25) is 0 Å². The quantitative estimate of drug-likeness (QED) is 0.840. The first kappa shape index (κ1) is 14.1. The van der Waals surface area contributed by atoms with Crippen molar-refractivity contribution in [2.45, 2.75) is 32.4 Å². The number of hydrogen-bond acceptors (Lipinski definition) is 3. The second-order valence-corrected chi connectivity index (χ2v) is 7.02. The van der Waals surface area contributed by atoms with Crippen molar-refractivity contribution in [1.82, 2.24) is 5.32 Å². The minimum Gasteiger partial charge on any atom is -0.484 e. The van der Waals surface area contributed by atoms with Crippen LogP contribution in [0.25, 0.3) is 0 Å². The summed E-state index contributed by atoms with van der Waals surface area (Å²) < 4.78 is 7.35. The van der Waals surface area contributed by atoms with Gasteiger partial charge in [0.1, 0.15) is 11.9 Å². The van der Waals surface area contributed by atoms with Crippen molar-refractivity contribution >= 4 is 27.3 Å². The Balaban J connectivity index is 1.94. The van der Waals surface area contributed by atoms with Crippen LogP contribution in [0.5, 0.6) is 5.75 Å². The number of benzene rings is 1. The summed E-state index contributed by atoms with van der Waals surface area (Å²) in [4.78, 5) is 1.28. The average Bonchev–Trinajstić information content (AvgIpc) is 2.86. The van der Waals surface area contributed by atoms with Crippen LogP contribution in [0.3, 0.4) is 0 Å². The highest BCUT2D eigenvalue weighted by molar-refractivity contribution is 9.10. The molecule has 0 amide bonds. The third kappa shape index (κ3) is 2.78. The van der Waals surface area contributed by atoms with Gasteiger partial charge in [0, 0.05) is 32.8 Å². The van der Waals surface area contributed by atoms with Gasteiger partial charge < -0.3 is 10.1 Å². The van der Waals surface area contributed by atoms with Gasteiger partial charge in [-0.2, -0.15) is 0 Å². The Morgan fingerprint density at radius 2 is 2.25 bits per heavy atom. The van der Waals surface area contributed by atoms with E-state index in [0.29, 0.717) is 6.04 Å². The van der Waals surface area contributed by atoms with Crippen LogP contribution in [0.2, 0.25) is 0 Å². The van der Waals surface area contributed by atoms with E-state index in [2.05, 4.69) is 64.7 Å². The molecule has 0 spiro atoms. The van der Waals surface area contributed by atoms with Crippen molar-refractivity contribution in [2.75, 3.05) is 6.54 Å². The first-order valence-corrected chi connectivity index (χ1v) is 8.59. The van der Waals surface area contributed by atoms with E-state index in [4.69, 9.17) is 4.74 Å². The van der Waals surface area contributed by atoms with Gasteiger partial charge in [-0.25, -0.2) is 0 Å². The van der Waals surface area contributed by atoms with Crippen LogP contribution in [0.1, 0.15) is 41.5 Å². The zero-order valence-electron chi connectivity index (χ0n) is 11.7. The Hall–Kier alpha value is -0.840. The summed E-state index contributed by atoms with van der Waals surface area (Å²) in [7, 11) is 0. The van der Waals surface area contributed by atoms with Crippen LogP contribution in [0, 0.1) is 6.92 Å². The first-order valence-electron chi connectivity index (χ1n) is 6.92. The van der Waals surface area contributed by atoms with Crippen molar-refractivity contribution in [3.05, 3.63) is 50.1 Å². The highest BCUT2D eigenvalue weighted by Crippen LogP contribution is 2.43. The third-order valence-corrected chi connectivity index (χ3v) is 5.40. The number of thiophene rings is 1. The molecule has 106 valence electrons. The number of rotatable bonds is 3. The molecule has 1 aromatic heterocycles. The van der Waals surface area contributed by atoms with E-state index in [1.54, 1.807) is 11.3 Å². The molecule has 20 heavy (non-hydrogen) atoms. The van der Waals surface area contributed by atoms with E-state index in [0.717, 1.165) is 23.2 Å². The summed E-state index contributed by atoms with van der Waals surface area (Å²) in [6.07, 6.45) is 1.13. The van der Waals surface area contributed by atoms with Crippen LogP contribution >= 0.6 is 27.3 Å². The zero-order chi connectivity index (χ0) is 14.1. The molecule has 1 aliphatic heterocycles. The van der Waals surface area contributed by atoms with Crippen molar-refractivity contribution < 1.29 is 4.74 Å². The predicted molar refractivity (Wildman–Crippen MR) is 87.6 cm³/mol. The Labute approximate surface area is 132 Å². The number of fused-ring (bicyclic) bond motifs is 1. The zero-order valence-corrected chi connectivity index (χ0v) is 14.1. The predicted octanol–water partition coefficient (Wildman–Crippen LogP) is 4.99. The van der Waals surface area contributed by atoms with Crippen molar-refractivity contribution in [3.63, 3.8) is 0 Å². The molecule has 1 aliphatic rings. The molecule has 4 heteroatoms. The third-order valence-electron chi connectivity index (χ3n) is 3.62. The molecule has 0 aliphatic carbocycles. The molecule has 2 unspecified atom stereocenters. The summed E-state index contributed by atoms with van der Waals surface area (Å²) in [6, 6.07) is 8.99. The molecular weight excluding hydrogens is 334 g/mol. The summed E-state index contributed by atoms with van der Waals surface area (Å²) in [5.74, 6) is 1.02. The van der Waals surface area contributed by atoms with Crippen LogP contribution in [0.15, 0.2) is 34.1 Å². The molecule has 0 radical (unpaired) electrons. The van der Waals surface area contributed by atoms with E-state index in [1.807, 2.05) is 0 Å². The van der Waals surface area contributed by atoms with Gasteiger partial charge in [-0.15, -0.1) is 11.3 Å². The number of aryl methyl sites for hydroxylation is 1. The van der Waals surface area contributed by atoms with Crippen molar-refractivity contribution in [2.24, 2.45) is 0 Å². The fraction of sp³-hybridized carbons (Fsp3) is 0.375. The summed E-state index contributed by atoms with van der Waals surface area (Å²) in [6.45, 7) is 5.26. The number of nitrogens with one attached hydrogen (secondary N) is 1. The summed E-state index contributed by atoms with van der Waals surface area (Å²) >= 11 is 5.28.